The predicted octanol–water partition coefficient (Wildman–Crippen LogP) is 2.28. The lowest BCUT2D eigenvalue weighted by Crippen LogP contribution is -2.37. The van der Waals surface area contributed by atoms with Gasteiger partial charge in [-0.1, -0.05) is 42.5 Å². The molecule has 2 aromatic rings. The van der Waals surface area contributed by atoms with Gasteiger partial charge in [-0.3, -0.25) is 4.79 Å². The van der Waals surface area contributed by atoms with Crippen LogP contribution in [0.25, 0.3) is 0 Å². The lowest BCUT2D eigenvalue weighted by Gasteiger charge is -2.17. The van der Waals surface area contributed by atoms with E-state index in [4.69, 9.17) is 5.73 Å². The van der Waals surface area contributed by atoms with Gasteiger partial charge in [-0.2, -0.15) is 0 Å². The van der Waals surface area contributed by atoms with Crippen LogP contribution >= 0.6 is 0 Å². The van der Waals surface area contributed by atoms with Crippen molar-refractivity contribution in [3.8, 4) is 0 Å². The van der Waals surface area contributed by atoms with Crippen molar-refractivity contribution in [1.29, 1.82) is 0 Å². The number of amides is 3. The van der Waals surface area contributed by atoms with Crippen LogP contribution < -0.4 is 16.4 Å². The highest BCUT2D eigenvalue weighted by atomic mass is 19.1. The Hall–Kier alpha value is -2.89. The zero-order valence-electron chi connectivity index (χ0n) is 13.2. The molecule has 6 heteroatoms. The molecular weight excluding hydrogens is 309 g/mol. The maximum absolute atomic E-state index is 12.8. The highest BCUT2D eigenvalue weighted by Gasteiger charge is 2.16. The molecule has 126 valence electrons. The third-order valence-corrected chi connectivity index (χ3v) is 3.56. The van der Waals surface area contributed by atoms with Crippen LogP contribution in [0.15, 0.2) is 54.6 Å². The molecule has 0 bridgehead atoms. The molecule has 4 N–H and O–H groups in total. The molecule has 0 radical (unpaired) electrons. The minimum Gasteiger partial charge on any atom is -0.356 e. The Kier molecular flexibility index (Phi) is 6.31. The summed E-state index contributed by atoms with van der Waals surface area (Å²) in [6.07, 6.45) is 0.696. The molecule has 0 aromatic heterocycles. The lowest BCUT2D eigenvalue weighted by atomic mass is 10.0. The van der Waals surface area contributed by atoms with Gasteiger partial charge in [0.05, 0.1) is 12.5 Å². The van der Waals surface area contributed by atoms with Crippen molar-refractivity contribution >= 4 is 11.9 Å². The minimum absolute atomic E-state index is 0.0936. The third-order valence-electron chi connectivity index (χ3n) is 3.56. The Labute approximate surface area is 140 Å². The number of primary amides is 1. The van der Waals surface area contributed by atoms with Crippen LogP contribution in [0, 0.1) is 5.82 Å². The van der Waals surface area contributed by atoms with Gasteiger partial charge in [0.15, 0.2) is 0 Å². The summed E-state index contributed by atoms with van der Waals surface area (Å²) in [5.41, 5.74) is 6.93. The highest BCUT2D eigenvalue weighted by molar-refractivity contribution is 5.78. The summed E-state index contributed by atoms with van der Waals surface area (Å²) in [6.45, 7) is 0.433. The van der Waals surface area contributed by atoms with E-state index >= 15 is 0 Å². The monoisotopic (exact) mass is 329 g/mol. The SMILES string of the molecule is NC(=O)N[C@@H](CC(=O)NCCc1ccc(F)cc1)c1ccccc1. The average molecular weight is 329 g/mol. The fraction of sp³-hybridized carbons (Fsp3) is 0.222. The molecule has 0 heterocycles. The first-order valence-electron chi connectivity index (χ1n) is 7.66. The van der Waals surface area contributed by atoms with Gasteiger partial charge in [-0.15, -0.1) is 0 Å². The van der Waals surface area contributed by atoms with Crippen molar-refractivity contribution in [3.05, 3.63) is 71.5 Å². The Morgan fingerprint density at radius 1 is 1.04 bits per heavy atom. The standard InChI is InChI=1S/C18H20FN3O2/c19-15-8-6-13(7-9-15)10-11-21-17(23)12-16(22-18(20)24)14-4-2-1-3-5-14/h1-9,16H,10-12H2,(H,21,23)(H3,20,22,24)/t16-/m0/s1. The van der Waals surface area contributed by atoms with Gasteiger partial charge in [0.1, 0.15) is 5.82 Å². The summed E-state index contributed by atoms with van der Waals surface area (Å²) < 4.78 is 12.8. The zero-order valence-corrected chi connectivity index (χ0v) is 13.2. The molecule has 5 nitrogen and oxygen atoms in total. The highest BCUT2D eigenvalue weighted by Crippen LogP contribution is 2.16. The molecule has 24 heavy (non-hydrogen) atoms. The van der Waals surface area contributed by atoms with Crippen molar-refractivity contribution < 1.29 is 14.0 Å². The number of benzene rings is 2. The van der Waals surface area contributed by atoms with Crippen LogP contribution in [0.3, 0.4) is 0 Å². The van der Waals surface area contributed by atoms with Crippen LogP contribution in [-0.2, 0) is 11.2 Å². The van der Waals surface area contributed by atoms with E-state index in [1.54, 1.807) is 12.1 Å². The van der Waals surface area contributed by atoms with Gasteiger partial charge in [-0.05, 0) is 29.7 Å². The molecule has 0 aliphatic rings. The summed E-state index contributed by atoms with van der Waals surface area (Å²) >= 11 is 0. The third kappa shape index (κ3) is 5.72. The molecule has 0 saturated carbocycles. The summed E-state index contributed by atoms with van der Waals surface area (Å²) in [5.74, 6) is -0.481. The molecule has 0 unspecified atom stereocenters. The zero-order chi connectivity index (χ0) is 17.4. The number of carbonyl (C=O) groups excluding carboxylic acids is 2. The molecule has 0 aliphatic heterocycles. The quantitative estimate of drug-likeness (QED) is 0.728. The van der Waals surface area contributed by atoms with Gasteiger partial charge in [0.2, 0.25) is 5.91 Å². The normalized spacial score (nSPS) is 11.5. The van der Waals surface area contributed by atoms with Gasteiger partial charge in [-0.25, -0.2) is 9.18 Å². The Morgan fingerprint density at radius 3 is 2.33 bits per heavy atom. The molecule has 3 amide bonds. The minimum atomic E-state index is -0.678. The number of halogens is 1. The molecule has 0 aliphatic carbocycles. The van der Waals surface area contributed by atoms with E-state index in [1.165, 1.54) is 12.1 Å². The first kappa shape index (κ1) is 17.5. The number of urea groups is 1. The molecule has 2 rings (SSSR count). The van der Waals surface area contributed by atoms with Crippen LogP contribution in [0.1, 0.15) is 23.6 Å². The first-order chi connectivity index (χ1) is 11.5. The summed E-state index contributed by atoms with van der Waals surface area (Å²) in [4.78, 5) is 23.2. The smallest absolute Gasteiger partial charge is 0.312 e. The van der Waals surface area contributed by atoms with Crippen LogP contribution in [0.2, 0.25) is 0 Å². The Balaban J connectivity index is 1.86. The number of carbonyl (C=O) groups is 2. The van der Waals surface area contributed by atoms with Gasteiger partial charge >= 0.3 is 6.03 Å². The van der Waals surface area contributed by atoms with E-state index in [2.05, 4.69) is 10.6 Å². The molecule has 1 atom stereocenters. The van der Waals surface area contributed by atoms with Crippen molar-refractivity contribution in [3.63, 3.8) is 0 Å². The second-order valence-corrected chi connectivity index (χ2v) is 5.40. The number of rotatable bonds is 7. The van der Waals surface area contributed by atoms with E-state index in [1.807, 2.05) is 30.3 Å². The largest absolute Gasteiger partial charge is 0.356 e. The van der Waals surface area contributed by atoms with Crippen molar-refractivity contribution in [1.82, 2.24) is 10.6 Å². The van der Waals surface area contributed by atoms with E-state index in [0.29, 0.717) is 13.0 Å². The van der Waals surface area contributed by atoms with Crippen molar-refractivity contribution in [2.24, 2.45) is 5.73 Å². The second kappa shape index (κ2) is 8.67. The summed E-state index contributed by atoms with van der Waals surface area (Å²) in [5, 5.41) is 5.37. The van der Waals surface area contributed by atoms with E-state index < -0.39 is 12.1 Å². The van der Waals surface area contributed by atoms with Gasteiger partial charge < -0.3 is 16.4 Å². The van der Waals surface area contributed by atoms with Gasteiger partial charge in [0, 0.05) is 6.54 Å². The first-order valence-corrected chi connectivity index (χ1v) is 7.66. The van der Waals surface area contributed by atoms with Crippen molar-refractivity contribution in [2.45, 2.75) is 18.9 Å². The Bertz CT molecular complexity index is 674. The number of hydrogen-bond acceptors (Lipinski definition) is 2. The van der Waals surface area contributed by atoms with Crippen molar-refractivity contribution in [2.75, 3.05) is 6.54 Å². The topological polar surface area (TPSA) is 84.2 Å². The van der Waals surface area contributed by atoms with Gasteiger partial charge in [0.25, 0.3) is 0 Å². The molecule has 0 saturated heterocycles. The molecule has 2 aromatic carbocycles. The van der Waals surface area contributed by atoms with Crippen LogP contribution in [-0.4, -0.2) is 18.5 Å². The maximum atomic E-state index is 12.8. The second-order valence-electron chi connectivity index (χ2n) is 5.40. The van der Waals surface area contributed by atoms with Crippen LogP contribution in [0.5, 0.6) is 0 Å². The average Bonchev–Trinajstić information content (AvgIpc) is 2.56. The van der Waals surface area contributed by atoms with E-state index in [9.17, 15) is 14.0 Å². The molecule has 0 fully saturated rings. The fourth-order valence-electron chi connectivity index (χ4n) is 2.36. The fourth-order valence-corrected chi connectivity index (χ4v) is 2.36. The predicted molar refractivity (Wildman–Crippen MR) is 89.6 cm³/mol. The molecular formula is C18H20FN3O2. The lowest BCUT2D eigenvalue weighted by molar-refractivity contribution is -0.121. The Morgan fingerprint density at radius 2 is 1.71 bits per heavy atom. The van der Waals surface area contributed by atoms with E-state index in [-0.39, 0.29) is 18.1 Å². The van der Waals surface area contributed by atoms with Crippen LogP contribution in [0.4, 0.5) is 9.18 Å². The number of nitrogens with one attached hydrogen (secondary N) is 2. The van der Waals surface area contributed by atoms with E-state index in [0.717, 1.165) is 11.1 Å². The summed E-state index contributed by atoms with van der Waals surface area (Å²) in [7, 11) is 0. The summed E-state index contributed by atoms with van der Waals surface area (Å²) in [6, 6.07) is 14.2. The molecule has 0 spiro atoms. The number of hydrogen-bond donors (Lipinski definition) is 3. The maximum Gasteiger partial charge on any atom is 0.312 e. The number of nitrogens with two attached hydrogens (primary N) is 1.